The fourth-order valence-electron chi connectivity index (χ4n) is 4.46. The standard InChI is InChI=1S/C25H33N5O3/c1-16(2)21-15-33-25(32)30(21)22-13-14-26-24(29-22)27-17(3)18-9-11-19(12-10-18)23(31)28-20-7-5-4-6-8-20/h9-14,16-17,20-21H,4-8,15H2,1-3H3,(H,28,31)(H,26,27,29)/t17-,21?/m0/s1. The summed E-state index contributed by atoms with van der Waals surface area (Å²) >= 11 is 0. The van der Waals surface area contributed by atoms with Crippen LogP contribution in [0.3, 0.4) is 0 Å². The summed E-state index contributed by atoms with van der Waals surface area (Å²) in [7, 11) is 0. The van der Waals surface area contributed by atoms with Crippen molar-refractivity contribution in [2.75, 3.05) is 16.8 Å². The van der Waals surface area contributed by atoms with Gasteiger partial charge in [-0.2, -0.15) is 4.98 Å². The van der Waals surface area contributed by atoms with E-state index >= 15 is 0 Å². The van der Waals surface area contributed by atoms with Gasteiger partial charge in [-0.3, -0.25) is 9.69 Å². The molecule has 2 atom stereocenters. The molecule has 1 saturated carbocycles. The summed E-state index contributed by atoms with van der Waals surface area (Å²) in [6.07, 6.45) is 7.03. The Bertz CT molecular complexity index is 972. The van der Waals surface area contributed by atoms with Crippen molar-refractivity contribution in [2.24, 2.45) is 5.92 Å². The zero-order valence-electron chi connectivity index (χ0n) is 19.6. The topological polar surface area (TPSA) is 96.5 Å². The van der Waals surface area contributed by atoms with E-state index in [0.29, 0.717) is 30.0 Å². The summed E-state index contributed by atoms with van der Waals surface area (Å²) in [4.78, 5) is 35.3. The summed E-state index contributed by atoms with van der Waals surface area (Å²) < 4.78 is 5.24. The number of anilines is 2. The van der Waals surface area contributed by atoms with Crippen molar-refractivity contribution in [1.29, 1.82) is 0 Å². The number of aromatic nitrogens is 2. The number of carbonyl (C=O) groups excluding carboxylic acids is 2. The largest absolute Gasteiger partial charge is 0.447 e. The van der Waals surface area contributed by atoms with Crippen molar-refractivity contribution in [3.8, 4) is 0 Å². The van der Waals surface area contributed by atoms with Crippen molar-refractivity contribution in [3.63, 3.8) is 0 Å². The minimum Gasteiger partial charge on any atom is -0.447 e. The molecular formula is C25H33N5O3. The molecule has 1 aromatic carbocycles. The number of rotatable bonds is 7. The second-order valence-corrected chi connectivity index (χ2v) is 9.29. The molecule has 1 aliphatic heterocycles. The first-order valence-corrected chi connectivity index (χ1v) is 11.9. The molecular weight excluding hydrogens is 418 g/mol. The molecule has 1 unspecified atom stereocenters. The Labute approximate surface area is 195 Å². The number of hydrogen-bond donors (Lipinski definition) is 2. The van der Waals surface area contributed by atoms with E-state index in [2.05, 4.69) is 34.4 Å². The van der Waals surface area contributed by atoms with E-state index in [1.807, 2.05) is 31.2 Å². The highest BCUT2D eigenvalue weighted by Crippen LogP contribution is 2.27. The maximum absolute atomic E-state index is 12.6. The first kappa shape index (κ1) is 23.0. The Morgan fingerprint density at radius 2 is 1.82 bits per heavy atom. The number of cyclic esters (lactones) is 1. The lowest BCUT2D eigenvalue weighted by molar-refractivity contribution is 0.0927. The molecule has 1 aromatic heterocycles. The molecule has 0 spiro atoms. The van der Waals surface area contributed by atoms with E-state index in [4.69, 9.17) is 4.74 Å². The van der Waals surface area contributed by atoms with Crippen LogP contribution in [0.1, 0.15) is 74.8 Å². The lowest BCUT2D eigenvalue weighted by Gasteiger charge is -2.24. The third kappa shape index (κ3) is 5.43. The summed E-state index contributed by atoms with van der Waals surface area (Å²) in [5, 5.41) is 6.45. The molecule has 2 heterocycles. The molecule has 1 saturated heterocycles. The maximum atomic E-state index is 12.6. The fraction of sp³-hybridized carbons (Fsp3) is 0.520. The average molecular weight is 452 g/mol. The summed E-state index contributed by atoms with van der Waals surface area (Å²) in [6.45, 7) is 6.48. The maximum Gasteiger partial charge on any atom is 0.415 e. The molecule has 2 aromatic rings. The van der Waals surface area contributed by atoms with Gasteiger partial charge >= 0.3 is 6.09 Å². The SMILES string of the molecule is CC(C)C1COC(=O)N1c1ccnc(N[C@@H](C)c2ccc(C(=O)NC3CCCCC3)cc2)n1. The summed E-state index contributed by atoms with van der Waals surface area (Å²) in [5.41, 5.74) is 1.68. The third-order valence-electron chi connectivity index (χ3n) is 6.52. The van der Waals surface area contributed by atoms with E-state index in [0.717, 1.165) is 18.4 Å². The van der Waals surface area contributed by atoms with Gasteiger partial charge in [-0.1, -0.05) is 45.2 Å². The van der Waals surface area contributed by atoms with Gasteiger partial charge in [0.1, 0.15) is 12.4 Å². The van der Waals surface area contributed by atoms with Crippen molar-refractivity contribution >= 4 is 23.8 Å². The van der Waals surface area contributed by atoms with Gasteiger partial charge in [0, 0.05) is 17.8 Å². The number of nitrogens with one attached hydrogen (secondary N) is 2. The summed E-state index contributed by atoms with van der Waals surface area (Å²) in [5.74, 6) is 1.19. The zero-order chi connectivity index (χ0) is 23.4. The van der Waals surface area contributed by atoms with Gasteiger partial charge in [0.2, 0.25) is 5.95 Å². The second kappa shape index (κ2) is 10.2. The van der Waals surface area contributed by atoms with Crippen LogP contribution in [0.4, 0.5) is 16.6 Å². The van der Waals surface area contributed by atoms with E-state index < -0.39 is 0 Å². The van der Waals surface area contributed by atoms with Gasteiger partial charge in [0.15, 0.2) is 0 Å². The quantitative estimate of drug-likeness (QED) is 0.634. The van der Waals surface area contributed by atoms with Crippen molar-refractivity contribution in [1.82, 2.24) is 15.3 Å². The smallest absolute Gasteiger partial charge is 0.415 e. The molecule has 0 radical (unpaired) electrons. The number of nitrogens with zero attached hydrogens (tertiary/aromatic N) is 3. The Balaban J connectivity index is 1.40. The van der Waals surface area contributed by atoms with Crippen LogP contribution < -0.4 is 15.5 Å². The number of carbonyl (C=O) groups is 2. The minimum atomic E-state index is -0.381. The number of ether oxygens (including phenoxy) is 1. The van der Waals surface area contributed by atoms with Crippen molar-refractivity contribution in [2.45, 2.75) is 71.0 Å². The first-order chi connectivity index (χ1) is 15.9. The molecule has 2 fully saturated rings. The van der Waals surface area contributed by atoms with Crippen LogP contribution in [0.15, 0.2) is 36.5 Å². The Hall–Kier alpha value is -3.16. The van der Waals surface area contributed by atoms with Crippen LogP contribution in [-0.4, -0.2) is 40.7 Å². The van der Waals surface area contributed by atoms with E-state index in [9.17, 15) is 9.59 Å². The van der Waals surface area contributed by atoms with Crippen LogP contribution in [-0.2, 0) is 4.74 Å². The number of amides is 2. The zero-order valence-corrected chi connectivity index (χ0v) is 19.6. The van der Waals surface area contributed by atoms with Crippen molar-refractivity contribution in [3.05, 3.63) is 47.7 Å². The molecule has 2 amide bonds. The molecule has 8 heteroatoms. The molecule has 1 aliphatic carbocycles. The van der Waals surface area contributed by atoms with Gasteiger partial charge in [0.25, 0.3) is 5.91 Å². The highest BCUT2D eigenvalue weighted by Gasteiger charge is 2.37. The number of hydrogen-bond acceptors (Lipinski definition) is 6. The van der Waals surface area contributed by atoms with Crippen LogP contribution in [0.5, 0.6) is 0 Å². The molecule has 0 bridgehead atoms. The fourth-order valence-corrected chi connectivity index (χ4v) is 4.46. The lowest BCUT2D eigenvalue weighted by Crippen LogP contribution is -2.37. The molecule has 2 N–H and O–H groups in total. The van der Waals surface area contributed by atoms with Crippen LogP contribution in [0.25, 0.3) is 0 Å². The van der Waals surface area contributed by atoms with Gasteiger partial charge in [-0.25, -0.2) is 9.78 Å². The molecule has 33 heavy (non-hydrogen) atoms. The average Bonchev–Trinajstić information content (AvgIpc) is 3.22. The Morgan fingerprint density at radius 3 is 2.52 bits per heavy atom. The predicted molar refractivity (Wildman–Crippen MR) is 127 cm³/mol. The van der Waals surface area contributed by atoms with E-state index in [-0.39, 0.29) is 30.0 Å². The lowest BCUT2D eigenvalue weighted by atomic mass is 9.95. The highest BCUT2D eigenvalue weighted by atomic mass is 16.6. The monoisotopic (exact) mass is 451 g/mol. The van der Waals surface area contributed by atoms with Gasteiger partial charge in [-0.05, 0) is 49.4 Å². The summed E-state index contributed by atoms with van der Waals surface area (Å²) in [6, 6.07) is 9.49. The molecule has 8 nitrogen and oxygen atoms in total. The second-order valence-electron chi connectivity index (χ2n) is 9.29. The Kier molecular flexibility index (Phi) is 7.11. The van der Waals surface area contributed by atoms with Crippen LogP contribution in [0.2, 0.25) is 0 Å². The van der Waals surface area contributed by atoms with E-state index in [1.165, 1.54) is 19.3 Å². The number of benzene rings is 1. The Morgan fingerprint density at radius 1 is 1.09 bits per heavy atom. The molecule has 176 valence electrons. The van der Waals surface area contributed by atoms with E-state index in [1.54, 1.807) is 17.2 Å². The van der Waals surface area contributed by atoms with Crippen LogP contribution in [0, 0.1) is 5.92 Å². The molecule has 2 aliphatic rings. The predicted octanol–water partition coefficient (Wildman–Crippen LogP) is 4.69. The van der Waals surface area contributed by atoms with Crippen LogP contribution >= 0.6 is 0 Å². The highest BCUT2D eigenvalue weighted by molar-refractivity contribution is 5.94. The molecule has 4 rings (SSSR count). The van der Waals surface area contributed by atoms with Gasteiger partial charge in [-0.15, -0.1) is 0 Å². The first-order valence-electron chi connectivity index (χ1n) is 11.9. The third-order valence-corrected chi connectivity index (χ3v) is 6.52. The normalized spacial score (nSPS) is 19.9. The van der Waals surface area contributed by atoms with Gasteiger partial charge in [0.05, 0.1) is 12.1 Å². The minimum absolute atomic E-state index is 0.0118. The van der Waals surface area contributed by atoms with Crippen molar-refractivity contribution < 1.29 is 14.3 Å². The van der Waals surface area contributed by atoms with Gasteiger partial charge < -0.3 is 15.4 Å².